The van der Waals surface area contributed by atoms with Crippen LogP contribution in [0.15, 0.2) is 18.5 Å². The van der Waals surface area contributed by atoms with E-state index in [9.17, 15) is 22.0 Å². The van der Waals surface area contributed by atoms with Gasteiger partial charge >= 0.3 is 6.61 Å². The molecule has 176 valence electrons. The van der Waals surface area contributed by atoms with Crippen LogP contribution in [0.3, 0.4) is 0 Å². The first-order valence-electron chi connectivity index (χ1n) is 10.2. The number of nitrogens with one attached hydrogen (secondary N) is 1. The fraction of sp³-hybridized carbons (Fsp3) is 0.550. The Labute approximate surface area is 190 Å². The fourth-order valence-electron chi connectivity index (χ4n) is 3.91. The first kappa shape index (κ1) is 24.4. The van der Waals surface area contributed by atoms with Gasteiger partial charge in [0.1, 0.15) is 15.6 Å². The average molecular weight is 491 g/mol. The Morgan fingerprint density at radius 3 is 2.62 bits per heavy atom. The van der Waals surface area contributed by atoms with E-state index in [0.29, 0.717) is 38.8 Å². The molecule has 32 heavy (non-hydrogen) atoms. The Morgan fingerprint density at radius 1 is 1.34 bits per heavy atom. The molecule has 1 aliphatic rings. The molecule has 0 unspecified atom stereocenters. The van der Waals surface area contributed by atoms with E-state index in [2.05, 4.69) is 20.1 Å². The summed E-state index contributed by atoms with van der Waals surface area (Å²) in [6, 6.07) is 1.29. The number of hydrogen-bond acceptors (Lipinski definition) is 6. The Hall–Kier alpha value is -2.27. The van der Waals surface area contributed by atoms with Crippen LogP contribution in [0.2, 0.25) is 5.02 Å². The molecule has 0 spiro atoms. The van der Waals surface area contributed by atoms with Crippen molar-refractivity contribution >= 4 is 27.3 Å². The molecule has 1 amide bonds. The minimum Gasteiger partial charge on any atom is -0.434 e. The SMILES string of the molecule is CCn1nc(C(=O)NC[C@H]2CC[C@H](S(C)(=O)=O)CC2)c(Cl)c1-c1cnccc1OC(F)F. The normalized spacial score (nSPS) is 19.2. The van der Waals surface area contributed by atoms with Crippen LogP contribution in [0.4, 0.5) is 8.78 Å². The van der Waals surface area contributed by atoms with Crippen molar-refractivity contribution in [1.82, 2.24) is 20.1 Å². The summed E-state index contributed by atoms with van der Waals surface area (Å²) < 4.78 is 55.0. The molecule has 0 bridgehead atoms. The number of halogens is 3. The zero-order valence-electron chi connectivity index (χ0n) is 17.7. The van der Waals surface area contributed by atoms with Crippen LogP contribution >= 0.6 is 11.6 Å². The summed E-state index contributed by atoms with van der Waals surface area (Å²) in [5.41, 5.74) is 0.433. The lowest BCUT2D eigenvalue weighted by Crippen LogP contribution is -2.34. The van der Waals surface area contributed by atoms with Gasteiger partial charge in [0.15, 0.2) is 5.69 Å². The highest BCUT2D eigenvalue weighted by Gasteiger charge is 2.29. The van der Waals surface area contributed by atoms with Crippen molar-refractivity contribution in [2.24, 2.45) is 5.92 Å². The second-order valence-corrected chi connectivity index (χ2v) is 10.5. The van der Waals surface area contributed by atoms with Gasteiger partial charge in [-0.3, -0.25) is 14.5 Å². The first-order chi connectivity index (χ1) is 15.1. The number of nitrogens with zero attached hydrogens (tertiary/aromatic N) is 3. The fourth-order valence-corrected chi connectivity index (χ4v) is 5.37. The molecule has 0 radical (unpaired) electrons. The van der Waals surface area contributed by atoms with Gasteiger partial charge in [-0.05, 0) is 44.6 Å². The highest BCUT2D eigenvalue weighted by atomic mass is 35.5. The standard InChI is InChI=1S/C20H25ClF2N4O4S/c1-3-27-18(14-11-24-9-8-15(14)31-20(22)23)16(21)17(26-27)19(28)25-10-12-4-6-13(7-5-12)32(2,29)30/h8-9,11-13,20H,3-7,10H2,1-2H3,(H,25,28)/t12-,13-. The van der Waals surface area contributed by atoms with Gasteiger partial charge in [-0.15, -0.1) is 0 Å². The number of amides is 1. The van der Waals surface area contributed by atoms with Crippen molar-refractivity contribution in [3.63, 3.8) is 0 Å². The summed E-state index contributed by atoms with van der Waals surface area (Å²) in [5, 5.41) is 6.75. The molecule has 0 atom stereocenters. The van der Waals surface area contributed by atoms with Crippen LogP contribution in [0.25, 0.3) is 11.3 Å². The van der Waals surface area contributed by atoms with Crippen molar-refractivity contribution in [2.45, 2.75) is 51.0 Å². The van der Waals surface area contributed by atoms with Gasteiger partial charge < -0.3 is 10.1 Å². The molecule has 1 N–H and O–H groups in total. The monoisotopic (exact) mass is 490 g/mol. The maximum absolute atomic E-state index is 12.8. The van der Waals surface area contributed by atoms with Gasteiger partial charge in [-0.25, -0.2) is 8.42 Å². The van der Waals surface area contributed by atoms with Crippen LogP contribution in [0.1, 0.15) is 43.1 Å². The largest absolute Gasteiger partial charge is 0.434 e. The summed E-state index contributed by atoms with van der Waals surface area (Å²) in [6.45, 7) is -0.555. The molecule has 2 aromatic heterocycles. The zero-order chi connectivity index (χ0) is 23.5. The number of hydrogen-bond donors (Lipinski definition) is 1. The van der Waals surface area contributed by atoms with E-state index in [0.717, 1.165) is 0 Å². The summed E-state index contributed by atoms with van der Waals surface area (Å²) in [5.74, 6) is -0.456. The Morgan fingerprint density at radius 2 is 2.03 bits per heavy atom. The molecular weight excluding hydrogens is 466 g/mol. The van der Waals surface area contributed by atoms with Crippen molar-refractivity contribution in [3.05, 3.63) is 29.2 Å². The van der Waals surface area contributed by atoms with E-state index in [-0.39, 0.29) is 38.9 Å². The maximum Gasteiger partial charge on any atom is 0.387 e. The molecule has 1 aliphatic carbocycles. The van der Waals surface area contributed by atoms with Crippen molar-refractivity contribution in [3.8, 4) is 17.0 Å². The van der Waals surface area contributed by atoms with Crippen LogP contribution in [0, 0.1) is 5.92 Å². The van der Waals surface area contributed by atoms with Gasteiger partial charge in [0.05, 0.1) is 21.5 Å². The van der Waals surface area contributed by atoms with E-state index >= 15 is 0 Å². The lowest BCUT2D eigenvalue weighted by atomic mass is 9.89. The third kappa shape index (κ3) is 5.55. The van der Waals surface area contributed by atoms with Crippen LogP contribution in [-0.4, -0.2) is 53.8 Å². The molecule has 12 heteroatoms. The van der Waals surface area contributed by atoms with Gasteiger partial charge in [0.25, 0.3) is 5.91 Å². The highest BCUT2D eigenvalue weighted by Crippen LogP contribution is 2.37. The minimum atomic E-state index is -3.05. The molecule has 0 aromatic carbocycles. The number of carbonyl (C=O) groups excluding carboxylic acids is 1. The van der Waals surface area contributed by atoms with E-state index in [1.807, 2.05) is 0 Å². The number of ether oxygens (including phenoxy) is 1. The molecule has 2 aromatic rings. The predicted octanol–water partition coefficient (Wildman–Crippen LogP) is 3.55. The summed E-state index contributed by atoms with van der Waals surface area (Å²) >= 11 is 6.46. The Bertz CT molecular complexity index is 1070. The lowest BCUT2D eigenvalue weighted by molar-refractivity contribution is -0.0495. The van der Waals surface area contributed by atoms with Gasteiger partial charge in [-0.1, -0.05) is 11.6 Å². The first-order valence-corrected chi connectivity index (χ1v) is 12.6. The van der Waals surface area contributed by atoms with Crippen LogP contribution < -0.4 is 10.1 Å². The number of sulfone groups is 1. The van der Waals surface area contributed by atoms with E-state index in [4.69, 9.17) is 11.6 Å². The maximum atomic E-state index is 12.8. The quantitative estimate of drug-likeness (QED) is 0.607. The van der Waals surface area contributed by atoms with Gasteiger partial charge in [0, 0.05) is 31.7 Å². The topological polar surface area (TPSA) is 103 Å². The molecule has 1 saturated carbocycles. The van der Waals surface area contributed by atoms with Crippen LogP contribution in [-0.2, 0) is 16.4 Å². The zero-order valence-corrected chi connectivity index (χ0v) is 19.3. The average Bonchev–Trinajstić information content (AvgIpc) is 3.08. The minimum absolute atomic E-state index is 0.0113. The molecule has 8 nitrogen and oxygen atoms in total. The number of pyridine rings is 1. The van der Waals surface area contributed by atoms with Crippen molar-refractivity contribution in [2.75, 3.05) is 12.8 Å². The third-order valence-corrected chi connectivity index (χ3v) is 7.65. The number of carbonyl (C=O) groups is 1. The highest BCUT2D eigenvalue weighted by molar-refractivity contribution is 7.91. The molecular formula is C20H25ClF2N4O4S. The van der Waals surface area contributed by atoms with E-state index < -0.39 is 22.4 Å². The molecule has 0 saturated heterocycles. The molecule has 3 rings (SSSR count). The Balaban J connectivity index is 1.75. The van der Waals surface area contributed by atoms with E-state index in [1.54, 1.807) is 6.92 Å². The summed E-state index contributed by atoms with van der Waals surface area (Å²) in [6.07, 6.45) is 6.44. The Kier molecular flexibility index (Phi) is 7.71. The number of rotatable bonds is 8. The molecule has 0 aliphatic heterocycles. The van der Waals surface area contributed by atoms with Gasteiger partial charge in [-0.2, -0.15) is 13.9 Å². The number of alkyl halides is 2. The molecule has 1 fully saturated rings. The summed E-state index contributed by atoms with van der Waals surface area (Å²) in [7, 11) is -3.05. The summed E-state index contributed by atoms with van der Waals surface area (Å²) in [4.78, 5) is 16.7. The van der Waals surface area contributed by atoms with E-state index in [1.165, 1.54) is 29.4 Å². The third-order valence-electron chi connectivity index (χ3n) is 5.61. The molecule has 2 heterocycles. The second-order valence-electron chi connectivity index (χ2n) is 7.76. The number of aromatic nitrogens is 3. The predicted molar refractivity (Wildman–Crippen MR) is 116 cm³/mol. The second kappa shape index (κ2) is 10.1. The number of aryl methyl sites for hydroxylation is 1. The van der Waals surface area contributed by atoms with Crippen molar-refractivity contribution in [1.29, 1.82) is 0 Å². The van der Waals surface area contributed by atoms with Gasteiger partial charge in [0.2, 0.25) is 0 Å². The smallest absolute Gasteiger partial charge is 0.387 e. The van der Waals surface area contributed by atoms with Crippen LogP contribution in [0.5, 0.6) is 5.75 Å². The van der Waals surface area contributed by atoms with Crippen molar-refractivity contribution < 1.29 is 26.7 Å². The lowest BCUT2D eigenvalue weighted by Gasteiger charge is -2.27.